The van der Waals surface area contributed by atoms with Gasteiger partial charge < -0.3 is 15.0 Å². The van der Waals surface area contributed by atoms with Crippen molar-refractivity contribution in [1.29, 1.82) is 0 Å². The zero-order chi connectivity index (χ0) is 20.3. The minimum absolute atomic E-state index is 0.193. The predicted octanol–water partition coefficient (Wildman–Crippen LogP) is 3.95. The van der Waals surface area contributed by atoms with E-state index in [-0.39, 0.29) is 5.92 Å². The Balaban J connectivity index is 1.18. The van der Waals surface area contributed by atoms with Gasteiger partial charge >= 0.3 is 0 Å². The first-order chi connectivity index (χ1) is 14.8. The van der Waals surface area contributed by atoms with Crippen molar-refractivity contribution in [3.63, 3.8) is 0 Å². The molecule has 0 bridgehead atoms. The third-order valence-electron chi connectivity index (χ3n) is 7.92. The van der Waals surface area contributed by atoms with Crippen LogP contribution >= 0.6 is 0 Å². The zero-order valence-electron chi connectivity index (χ0n) is 18.3. The van der Waals surface area contributed by atoms with Gasteiger partial charge in [-0.15, -0.1) is 0 Å². The molecule has 2 unspecified atom stereocenters. The van der Waals surface area contributed by atoms with Crippen LogP contribution in [-0.4, -0.2) is 47.6 Å². The molecule has 1 amide bonds. The van der Waals surface area contributed by atoms with Crippen molar-refractivity contribution >= 4 is 5.91 Å². The van der Waals surface area contributed by atoms with Crippen molar-refractivity contribution in [2.45, 2.75) is 95.2 Å². The van der Waals surface area contributed by atoms with Crippen molar-refractivity contribution in [3.05, 3.63) is 29.1 Å². The summed E-state index contributed by atoms with van der Waals surface area (Å²) in [7, 11) is 0. The lowest BCUT2D eigenvalue weighted by Crippen LogP contribution is -2.42. The fourth-order valence-corrected chi connectivity index (χ4v) is 6.10. The Kier molecular flexibility index (Phi) is 6.37. The maximum absolute atomic E-state index is 13.3. The molecule has 2 aliphatic carbocycles. The third kappa shape index (κ3) is 4.57. The van der Waals surface area contributed by atoms with Gasteiger partial charge in [0.25, 0.3) is 0 Å². The molecule has 0 spiro atoms. The molecule has 1 aromatic heterocycles. The second-order valence-corrected chi connectivity index (χ2v) is 9.98. The maximum atomic E-state index is 13.3. The first-order valence-corrected chi connectivity index (χ1v) is 12.4. The van der Waals surface area contributed by atoms with E-state index in [1.54, 1.807) is 0 Å². The Hall–Kier alpha value is -1.46. The molecule has 1 saturated heterocycles. The molecule has 3 fully saturated rings. The molecule has 164 valence electrons. The first-order valence-electron chi connectivity index (χ1n) is 12.4. The average Bonchev–Trinajstić information content (AvgIpc) is 3.27. The molecule has 0 aromatic carbocycles. The summed E-state index contributed by atoms with van der Waals surface area (Å²) in [5.41, 5.74) is 3.92. The van der Waals surface area contributed by atoms with E-state index in [4.69, 9.17) is 9.72 Å². The van der Waals surface area contributed by atoms with Crippen molar-refractivity contribution in [3.8, 4) is 0 Å². The molecule has 2 atom stereocenters. The molecule has 0 radical (unpaired) electrons. The van der Waals surface area contributed by atoms with Crippen molar-refractivity contribution in [2.24, 2.45) is 5.92 Å². The normalized spacial score (nSPS) is 28.5. The van der Waals surface area contributed by atoms with E-state index in [9.17, 15) is 4.79 Å². The summed E-state index contributed by atoms with van der Waals surface area (Å²) >= 11 is 0. The monoisotopic (exact) mass is 411 g/mol. The van der Waals surface area contributed by atoms with Crippen molar-refractivity contribution in [2.75, 3.05) is 19.8 Å². The molecule has 30 heavy (non-hydrogen) atoms. The van der Waals surface area contributed by atoms with E-state index in [0.717, 1.165) is 64.8 Å². The molecular formula is C25H37N3O2. The van der Waals surface area contributed by atoms with Gasteiger partial charge in [-0.3, -0.25) is 9.78 Å². The number of nitrogens with one attached hydrogen (secondary N) is 1. The Morgan fingerprint density at radius 1 is 1.03 bits per heavy atom. The van der Waals surface area contributed by atoms with Crippen LogP contribution in [0.4, 0.5) is 0 Å². The summed E-state index contributed by atoms with van der Waals surface area (Å²) in [5.74, 6) is 1.24. The number of fused-ring (bicyclic) bond motifs is 1. The zero-order valence-corrected chi connectivity index (χ0v) is 18.3. The molecule has 4 aliphatic rings. The highest BCUT2D eigenvalue weighted by molar-refractivity contribution is 5.79. The van der Waals surface area contributed by atoms with Gasteiger partial charge in [-0.05, 0) is 62.0 Å². The van der Waals surface area contributed by atoms with Crippen LogP contribution in [-0.2, 0) is 22.5 Å². The van der Waals surface area contributed by atoms with E-state index >= 15 is 0 Å². The third-order valence-corrected chi connectivity index (χ3v) is 7.92. The average molecular weight is 412 g/mol. The summed E-state index contributed by atoms with van der Waals surface area (Å²) in [4.78, 5) is 20.2. The highest BCUT2D eigenvalue weighted by Gasteiger charge is 2.35. The van der Waals surface area contributed by atoms with Crippen LogP contribution in [0.2, 0.25) is 0 Å². The molecule has 1 N–H and O–H groups in total. The van der Waals surface area contributed by atoms with Crippen LogP contribution in [0, 0.1) is 5.92 Å². The molecule has 3 heterocycles. The van der Waals surface area contributed by atoms with Gasteiger partial charge in [-0.1, -0.05) is 25.3 Å². The number of carbonyl (C=O) groups excluding carboxylic acids is 1. The number of amides is 1. The Labute approximate surface area is 181 Å². The molecule has 1 aromatic rings. The number of hydrogen-bond acceptors (Lipinski definition) is 4. The minimum atomic E-state index is 0.193. The van der Waals surface area contributed by atoms with Crippen LogP contribution in [0.3, 0.4) is 0 Å². The standard InChI is InChI=1S/C25H37N3O2/c29-25(19-6-7-23(15-19)27-22-9-12-30-13-10-22)28-11-8-24-21(17-28)14-20(16-26-24)18-4-2-1-3-5-18/h14,16,18-19,22-23,27H,1-13,15,17H2. The van der Waals surface area contributed by atoms with Crippen LogP contribution in [0.1, 0.15) is 86.9 Å². The second kappa shape index (κ2) is 9.35. The van der Waals surface area contributed by atoms with E-state index < -0.39 is 0 Å². The first kappa shape index (κ1) is 20.4. The van der Waals surface area contributed by atoms with Gasteiger partial charge in [0.2, 0.25) is 5.91 Å². The molecular weight excluding hydrogens is 374 g/mol. The molecule has 5 heteroatoms. The SMILES string of the molecule is O=C(C1CCC(NC2CCOCC2)C1)N1CCc2ncc(C3CCCCC3)cc2C1. The van der Waals surface area contributed by atoms with Crippen LogP contribution < -0.4 is 5.32 Å². The van der Waals surface area contributed by atoms with Crippen molar-refractivity contribution < 1.29 is 9.53 Å². The fraction of sp³-hybridized carbons (Fsp3) is 0.760. The number of pyridine rings is 1. The Morgan fingerprint density at radius 3 is 2.70 bits per heavy atom. The van der Waals surface area contributed by atoms with E-state index in [2.05, 4.69) is 22.5 Å². The van der Waals surface area contributed by atoms with Gasteiger partial charge in [-0.25, -0.2) is 0 Å². The fourth-order valence-electron chi connectivity index (χ4n) is 6.10. The number of aromatic nitrogens is 1. The highest BCUT2D eigenvalue weighted by atomic mass is 16.5. The quantitative estimate of drug-likeness (QED) is 0.815. The Bertz CT molecular complexity index is 740. The minimum Gasteiger partial charge on any atom is -0.381 e. The van der Waals surface area contributed by atoms with Gasteiger partial charge in [0.15, 0.2) is 0 Å². The predicted molar refractivity (Wildman–Crippen MR) is 117 cm³/mol. The van der Waals surface area contributed by atoms with Gasteiger partial charge in [0, 0.05) is 62.6 Å². The molecule has 5 nitrogen and oxygen atoms in total. The largest absolute Gasteiger partial charge is 0.381 e. The van der Waals surface area contributed by atoms with Crippen LogP contribution in [0.15, 0.2) is 12.3 Å². The lowest BCUT2D eigenvalue weighted by molar-refractivity contribution is -0.136. The van der Waals surface area contributed by atoms with E-state index in [1.165, 1.54) is 48.9 Å². The summed E-state index contributed by atoms with van der Waals surface area (Å²) in [5, 5.41) is 3.80. The van der Waals surface area contributed by atoms with Crippen LogP contribution in [0.25, 0.3) is 0 Å². The van der Waals surface area contributed by atoms with Gasteiger partial charge in [0.1, 0.15) is 0 Å². The van der Waals surface area contributed by atoms with Gasteiger partial charge in [-0.2, -0.15) is 0 Å². The molecule has 5 rings (SSSR count). The number of ether oxygens (including phenoxy) is 1. The second-order valence-electron chi connectivity index (χ2n) is 9.98. The molecule has 2 aliphatic heterocycles. The van der Waals surface area contributed by atoms with E-state index in [0.29, 0.717) is 23.9 Å². The maximum Gasteiger partial charge on any atom is 0.226 e. The lowest BCUT2D eigenvalue weighted by Gasteiger charge is -2.32. The number of rotatable bonds is 4. The van der Waals surface area contributed by atoms with Crippen molar-refractivity contribution in [1.82, 2.24) is 15.2 Å². The number of hydrogen-bond donors (Lipinski definition) is 1. The summed E-state index contributed by atoms with van der Waals surface area (Å²) < 4.78 is 5.47. The Morgan fingerprint density at radius 2 is 1.87 bits per heavy atom. The van der Waals surface area contributed by atoms with Gasteiger partial charge in [0.05, 0.1) is 0 Å². The molecule has 2 saturated carbocycles. The summed E-state index contributed by atoms with van der Waals surface area (Å²) in [6, 6.07) is 3.45. The smallest absolute Gasteiger partial charge is 0.226 e. The summed E-state index contributed by atoms with van der Waals surface area (Å²) in [6.45, 7) is 3.33. The highest BCUT2D eigenvalue weighted by Crippen LogP contribution is 2.34. The van der Waals surface area contributed by atoms with Crippen LogP contribution in [0.5, 0.6) is 0 Å². The number of nitrogens with zero attached hydrogens (tertiary/aromatic N) is 2. The number of carbonyl (C=O) groups is 1. The topological polar surface area (TPSA) is 54.5 Å². The van der Waals surface area contributed by atoms with E-state index in [1.807, 2.05) is 0 Å². The lowest BCUT2D eigenvalue weighted by atomic mass is 9.84. The summed E-state index contributed by atoms with van der Waals surface area (Å²) in [6.07, 6.45) is 15.1.